The maximum absolute atomic E-state index is 12.2. The summed E-state index contributed by atoms with van der Waals surface area (Å²) >= 11 is 0. The molecule has 0 bridgehead atoms. The molecule has 2 aromatic rings. The van der Waals surface area contributed by atoms with E-state index in [2.05, 4.69) is 34.7 Å². The minimum absolute atomic E-state index is 0.319. The van der Waals surface area contributed by atoms with E-state index in [0.717, 1.165) is 29.8 Å². The smallest absolute Gasteiger partial charge is 0.324 e. The van der Waals surface area contributed by atoms with Crippen LogP contribution in [0.5, 0.6) is 0 Å². The lowest BCUT2D eigenvalue weighted by Gasteiger charge is -2.11. The van der Waals surface area contributed by atoms with Crippen molar-refractivity contribution < 1.29 is 9.53 Å². The van der Waals surface area contributed by atoms with Gasteiger partial charge < -0.3 is 10.1 Å². The summed E-state index contributed by atoms with van der Waals surface area (Å²) in [5.41, 5.74) is 2.70. The molecule has 0 spiro atoms. The lowest BCUT2D eigenvalue weighted by molar-refractivity contribution is 0.134. The summed E-state index contributed by atoms with van der Waals surface area (Å²) in [7, 11) is 0. The number of hydrogen-bond donors (Lipinski definition) is 3. The second kappa shape index (κ2) is 9.08. The molecule has 0 atom stereocenters. The van der Waals surface area contributed by atoms with Gasteiger partial charge in [-0.05, 0) is 31.7 Å². The number of amides is 2. The number of aromatic amines is 1. The first-order valence-electron chi connectivity index (χ1n) is 8.36. The molecule has 6 nitrogen and oxygen atoms in total. The Balaban J connectivity index is 1.91. The van der Waals surface area contributed by atoms with Gasteiger partial charge in [-0.15, -0.1) is 0 Å². The zero-order valence-electron chi connectivity index (χ0n) is 14.6. The van der Waals surface area contributed by atoms with Gasteiger partial charge in [0, 0.05) is 29.6 Å². The van der Waals surface area contributed by atoms with Crippen LogP contribution in [0.15, 0.2) is 30.3 Å². The number of carbonyl (C=O) groups excluding carboxylic acids is 1. The van der Waals surface area contributed by atoms with Gasteiger partial charge in [-0.2, -0.15) is 5.10 Å². The summed E-state index contributed by atoms with van der Waals surface area (Å²) in [5.74, 6) is 1.16. The highest BCUT2D eigenvalue weighted by Crippen LogP contribution is 2.17. The van der Waals surface area contributed by atoms with Crippen LogP contribution in [-0.4, -0.2) is 22.8 Å². The van der Waals surface area contributed by atoms with Crippen molar-refractivity contribution in [3.05, 3.63) is 41.6 Å². The minimum Gasteiger partial charge on any atom is -0.377 e. The van der Waals surface area contributed by atoms with E-state index in [1.165, 1.54) is 0 Å². The maximum atomic E-state index is 12.2. The van der Waals surface area contributed by atoms with Gasteiger partial charge in [0.15, 0.2) is 5.82 Å². The molecule has 2 amide bonds. The van der Waals surface area contributed by atoms with Crippen LogP contribution in [0.3, 0.4) is 0 Å². The zero-order valence-corrected chi connectivity index (χ0v) is 14.6. The first-order valence-corrected chi connectivity index (χ1v) is 8.36. The number of rotatable bonds is 8. The highest BCUT2D eigenvalue weighted by Gasteiger charge is 2.09. The first kappa shape index (κ1) is 18.0. The Hall–Kier alpha value is -2.34. The fourth-order valence-corrected chi connectivity index (χ4v) is 2.25. The number of urea groups is 1. The molecule has 0 aliphatic rings. The molecule has 0 saturated carbocycles. The number of ether oxygens (including phenoxy) is 1. The van der Waals surface area contributed by atoms with E-state index in [1.807, 2.05) is 37.3 Å². The molecule has 0 aliphatic carbocycles. The summed E-state index contributed by atoms with van der Waals surface area (Å²) in [5, 5.41) is 12.7. The van der Waals surface area contributed by atoms with Crippen LogP contribution in [0.25, 0.3) is 0 Å². The first-order chi connectivity index (χ1) is 11.6. The third-order valence-electron chi connectivity index (χ3n) is 3.59. The topological polar surface area (TPSA) is 79.0 Å². The van der Waals surface area contributed by atoms with Crippen LogP contribution >= 0.6 is 0 Å². The summed E-state index contributed by atoms with van der Waals surface area (Å²) < 4.78 is 5.42. The predicted molar refractivity (Wildman–Crippen MR) is 96.2 cm³/mol. The van der Waals surface area contributed by atoms with Crippen molar-refractivity contribution in [3.8, 4) is 0 Å². The van der Waals surface area contributed by atoms with Crippen molar-refractivity contribution in [3.63, 3.8) is 0 Å². The molecule has 24 heavy (non-hydrogen) atoms. The molecule has 130 valence electrons. The molecule has 0 fully saturated rings. The number of carbonyl (C=O) groups is 1. The second-order valence-electron chi connectivity index (χ2n) is 6.08. The van der Waals surface area contributed by atoms with Crippen molar-refractivity contribution in [1.29, 1.82) is 0 Å². The Kier molecular flexibility index (Phi) is 6.81. The van der Waals surface area contributed by atoms with E-state index in [1.54, 1.807) is 0 Å². The normalized spacial score (nSPS) is 10.8. The number of nitrogens with zero attached hydrogens (tertiary/aromatic N) is 1. The number of aromatic nitrogens is 2. The van der Waals surface area contributed by atoms with Gasteiger partial charge in [0.05, 0.1) is 6.61 Å². The fourth-order valence-electron chi connectivity index (χ4n) is 2.25. The highest BCUT2D eigenvalue weighted by atomic mass is 16.5. The number of H-pyrrole nitrogens is 1. The summed E-state index contributed by atoms with van der Waals surface area (Å²) in [6, 6.07) is 9.14. The molecule has 1 aromatic carbocycles. The molecule has 1 heterocycles. The Labute approximate surface area is 143 Å². The molecule has 0 unspecified atom stereocenters. The standard InChI is InChI=1S/C18H26N4O2/c1-4-24-12-14-7-5-6-8-16(14)19-18(23)20-17-11-15(21-22-17)10-9-13(2)3/h5-8,11,13H,4,9-10,12H2,1-3H3,(H3,19,20,21,22,23). The van der Waals surface area contributed by atoms with Gasteiger partial charge in [-0.1, -0.05) is 32.0 Å². The third-order valence-corrected chi connectivity index (χ3v) is 3.59. The predicted octanol–water partition coefficient (Wildman–Crippen LogP) is 4.18. The Morgan fingerprint density at radius 3 is 2.83 bits per heavy atom. The van der Waals surface area contributed by atoms with Gasteiger partial charge in [-0.3, -0.25) is 10.4 Å². The number of nitrogens with one attached hydrogen (secondary N) is 3. The number of benzene rings is 1. The lowest BCUT2D eigenvalue weighted by Crippen LogP contribution is -2.20. The summed E-state index contributed by atoms with van der Waals surface area (Å²) in [4.78, 5) is 12.2. The molecule has 2 rings (SSSR count). The Bertz CT molecular complexity index is 652. The monoisotopic (exact) mass is 330 g/mol. The summed E-state index contributed by atoms with van der Waals surface area (Å²) in [6.07, 6.45) is 2.00. The number of para-hydroxylation sites is 1. The van der Waals surface area contributed by atoms with Crippen LogP contribution in [0, 0.1) is 5.92 Å². The second-order valence-corrected chi connectivity index (χ2v) is 6.08. The zero-order chi connectivity index (χ0) is 17.4. The van der Waals surface area contributed by atoms with Crippen molar-refractivity contribution in [2.45, 2.75) is 40.2 Å². The van der Waals surface area contributed by atoms with Crippen molar-refractivity contribution in [2.24, 2.45) is 5.92 Å². The van der Waals surface area contributed by atoms with Crippen LogP contribution in [0.1, 0.15) is 38.4 Å². The molecule has 3 N–H and O–H groups in total. The average molecular weight is 330 g/mol. The van der Waals surface area contributed by atoms with E-state index >= 15 is 0 Å². The van der Waals surface area contributed by atoms with E-state index in [-0.39, 0.29) is 6.03 Å². The quantitative estimate of drug-likeness (QED) is 0.679. The number of hydrogen-bond acceptors (Lipinski definition) is 3. The molecule has 0 radical (unpaired) electrons. The van der Waals surface area contributed by atoms with Crippen molar-refractivity contribution in [2.75, 3.05) is 17.2 Å². The molecule has 0 aliphatic heterocycles. The van der Waals surface area contributed by atoms with Gasteiger partial charge in [0.25, 0.3) is 0 Å². The highest BCUT2D eigenvalue weighted by molar-refractivity contribution is 5.99. The van der Waals surface area contributed by atoms with Gasteiger partial charge in [-0.25, -0.2) is 4.79 Å². The van der Waals surface area contributed by atoms with Crippen molar-refractivity contribution in [1.82, 2.24) is 10.2 Å². The summed E-state index contributed by atoms with van der Waals surface area (Å²) in [6.45, 7) is 7.41. The fraction of sp³-hybridized carbons (Fsp3) is 0.444. The van der Waals surface area contributed by atoms with Crippen LogP contribution in [-0.2, 0) is 17.8 Å². The maximum Gasteiger partial charge on any atom is 0.324 e. The van der Waals surface area contributed by atoms with Gasteiger partial charge in [0.1, 0.15) is 0 Å². The minimum atomic E-state index is -0.319. The third kappa shape index (κ3) is 5.70. The molecule has 6 heteroatoms. The van der Waals surface area contributed by atoms with E-state index in [4.69, 9.17) is 4.74 Å². The number of aryl methyl sites for hydroxylation is 1. The van der Waals surface area contributed by atoms with E-state index in [9.17, 15) is 4.79 Å². The SMILES string of the molecule is CCOCc1ccccc1NC(=O)Nc1cc(CCC(C)C)[nH]n1. The van der Waals surface area contributed by atoms with Crippen molar-refractivity contribution >= 4 is 17.5 Å². The van der Waals surface area contributed by atoms with Crippen LogP contribution in [0.4, 0.5) is 16.3 Å². The average Bonchev–Trinajstić information content (AvgIpc) is 2.99. The van der Waals surface area contributed by atoms with Crippen LogP contribution in [0.2, 0.25) is 0 Å². The molecular formula is C18H26N4O2. The Morgan fingerprint density at radius 1 is 1.29 bits per heavy atom. The molecule has 0 saturated heterocycles. The van der Waals surface area contributed by atoms with E-state index < -0.39 is 0 Å². The van der Waals surface area contributed by atoms with Gasteiger partial charge >= 0.3 is 6.03 Å². The Morgan fingerprint density at radius 2 is 2.08 bits per heavy atom. The van der Waals surface area contributed by atoms with E-state index in [0.29, 0.717) is 24.9 Å². The molecular weight excluding hydrogens is 304 g/mol. The van der Waals surface area contributed by atoms with Gasteiger partial charge in [0.2, 0.25) is 0 Å². The number of anilines is 2. The molecule has 1 aromatic heterocycles. The lowest BCUT2D eigenvalue weighted by atomic mass is 10.1. The van der Waals surface area contributed by atoms with Crippen LogP contribution < -0.4 is 10.6 Å². The largest absolute Gasteiger partial charge is 0.377 e.